The van der Waals surface area contributed by atoms with Gasteiger partial charge in [-0.25, -0.2) is 13.9 Å². The van der Waals surface area contributed by atoms with Gasteiger partial charge in [-0.05, 0) is 37.6 Å². The standard InChI is InChI=1S/C17H21FN6O2/c1-3-12-9-15(25)22-16(19-12)24-14(8-10(2)23-24)21-17(26)20-13-6-4-11(18)5-7-13/h4-8,12,16,19H,3,9H2,1-2H3,(H,22,25)(H2,20,21,26). The fourth-order valence-corrected chi connectivity index (χ4v) is 2.77. The van der Waals surface area contributed by atoms with E-state index < -0.39 is 12.3 Å². The number of amides is 3. The Morgan fingerprint density at radius 3 is 2.77 bits per heavy atom. The molecular formula is C17H21FN6O2. The van der Waals surface area contributed by atoms with Crippen LogP contribution in [0.5, 0.6) is 0 Å². The Kier molecular flexibility index (Phi) is 5.17. The first kappa shape index (κ1) is 17.9. The lowest BCUT2D eigenvalue weighted by Crippen LogP contribution is -2.53. The maximum atomic E-state index is 12.9. The Morgan fingerprint density at radius 1 is 1.35 bits per heavy atom. The van der Waals surface area contributed by atoms with Crippen LogP contribution in [0.1, 0.15) is 31.7 Å². The summed E-state index contributed by atoms with van der Waals surface area (Å²) in [5.74, 6) is -0.0265. The van der Waals surface area contributed by atoms with Crippen molar-refractivity contribution >= 4 is 23.4 Å². The van der Waals surface area contributed by atoms with Crippen LogP contribution in [0.2, 0.25) is 0 Å². The maximum Gasteiger partial charge on any atom is 0.324 e. The number of aryl methyl sites for hydroxylation is 1. The molecule has 2 atom stereocenters. The van der Waals surface area contributed by atoms with Gasteiger partial charge in [-0.1, -0.05) is 6.92 Å². The van der Waals surface area contributed by atoms with Gasteiger partial charge in [0.1, 0.15) is 11.6 Å². The molecule has 26 heavy (non-hydrogen) atoms. The molecule has 2 aromatic rings. The summed E-state index contributed by atoms with van der Waals surface area (Å²) in [6.07, 6.45) is 0.662. The van der Waals surface area contributed by atoms with Gasteiger partial charge in [-0.15, -0.1) is 0 Å². The Balaban J connectivity index is 1.73. The summed E-state index contributed by atoms with van der Waals surface area (Å²) < 4.78 is 14.5. The predicted octanol–water partition coefficient (Wildman–Crippen LogP) is 2.32. The van der Waals surface area contributed by atoms with E-state index in [0.29, 0.717) is 23.6 Å². The van der Waals surface area contributed by atoms with E-state index in [2.05, 4.69) is 26.4 Å². The summed E-state index contributed by atoms with van der Waals surface area (Å²) in [6.45, 7) is 3.79. The van der Waals surface area contributed by atoms with E-state index >= 15 is 0 Å². The smallest absolute Gasteiger partial charge is 0.322 e. The molecular weight excluding hydrogens is 339 g/mol. The maximum absolute atomic E-state index is 12.9. The monoisotopic (exact) mass is 360 g/mol. The Labute approximate surface area is 150 Å². The van der Waals surface area contributed by atoms with Crippen LogP contribution < -0.4 is 21.3 Å². The Hall–Kier alpha value is -2.94. The van der Waals surface area contributed by atoms with Crippen molar-refractivity contribution < 1.29 is 14.0 Å². The van der Waals surface area contributed by atoms with Crippen molar-refractivity contribution in [3.8, 4) is 0 Å². The van der Waals surface area contributed by atoms with Crippen LogP contribution in [0.3, 0.4) is 0 Å². The number of nitrogens with one attached hydrogen (secondary N) is 4. The van der Waals surface area contributed by atoms with Crippen molar-refractivity contribution in [2.75, 3.05) is 10.6 Å². The molecule has 1 saturated heterocycles. The van der Waals surface area contributed by atoms with Gasteiger partial charge in [-0.2, -0.15) is 5.10 Å². The average molecular weight is 360 g/mol. The highest BCUT2D eigenvalue weighted by Gasteiger charge is 2.28. The lowest BCUT2D eigenvalue weighted by molar-refractivity contribution is -0.125. The zero-order chi connectivity index (χ0) is 18.7. The number of rotatable bonds is 4. The third-order valence-electron chi connectivity index (χ3n) is 4.06. The third kappa shape index (κ3) is 4.17. The zero-order valence-corrected chi connectivity index (χ0v) is 14.5. The lowest BCUT2D eigenvalue weighted by Gasteiger charge is -2.31. The number of halogens is 1. The van der Waals surface area contributed by atoms with Gasteiger partial charge in [0, 0.05) is 24.2 Å². The number of anilines is 2. The summed E-state index contributed by atoms with van der Waals surface area (Å²) >= 11 is 0. The van der Waals surface area contributed by atoms with Crippen molar-refractivity contribution in [3.63, 3.8) is 0 Å². The van der Waals surface area contributed by atoms with Crippen molar-refractivity contribution in [2.24, 2.45) is 0 Å². The fourth-order valence-electron chi connectivity index (χ4n) is 2.77. The molecule has 1 aliphatic heterocycles. The minimum absolute atomic E-state index is 0.0409. The molecule has 3 rings (SSSR count). The van der Waals surface area contributed by atoms with Crippen molar-refractivity contribution in [1.29, 1.82) is 0 Å². The van der Waals surface area contributed by atoms with Gasteiger partial charge in [-0.3, -0.25) is 15.4 Å². The third-order valence-corrected chi connectivity index (χ3v) is 4.06. The second-order valence-electron chi connectivity index (χ2n) is 6.15. The van der Waals surface area contributed by atoms with Gasteiger partial charge in [0.15, 0.2) is 6.29 Å². The number of benzene rings is 1. The number of carbonyl (C=O) groups excluding carboxylic acids is 2. The van der Waals surface area contributed by atoms with E-state index in [9.17, 15) is 14.0 Å². The molecule has 0 saturated carbocycles. The minimum Gasteiger partial charge on any atom is -0.322 e. The van der Waals surface area contributed by atoms with E-state index in [1.165, 1.54) is 28.9 Å². The normalized spacial score (nSPS) is 19.7. The summed E-state index contributed by atoms with van der Waals surface area (Å²) in [5, 5.41) is 15.8. The number of hydrogen-bond acceptors (Lipinski definition) is 4. The zero-order valence-electron chi connectivity index (χ0n) is 14.5. The molecule has 1 aromatic carbocycles. The topological polar surface area (TPSA) is 100 Å². The highest BCUT2D eigenvalue weighted by atomic mass is 19.1. The lowest BCUT2D eigenvalue weighted by atomic mass is 10.1. The van der Waals surface area contributed by atoms with E-state index in [1.807, 2.05) is 6.92 Å². The molecule has 138 valence electrons. The molecule has 2 unspecified atom stereocenters. The van der Waals surface area contributed by atoms with Crippen LogP contribution in [0.15, 0.2) is 30.3 Å². The van der Waals surface area contributed by atoms with Gasteiger partial charge < -0.3 is 10.6 Å². The molecule has 0 aliphatic carbocycles. The van der Waals surface area contributed by atoms with Crippen molar-refractivity contribution in [1.82, 2.24) is 20.4 Å². The number of hydrogen-bond donors (Lipinski definition) is 4. The number of urea groups is 1. The number of nitrogens with zero attached hydrogens (tertiary/aromatic N) is 2. The van der Waals surface area contributed by atoms with Crippen LogP contribution >= 0.6 is 0 Å². The molecule has 1 fully saturated rings. The summed E-state index contributed by atoms with van der Waals surface area (Å²) in [5.41, 5.74) is 1.15. The van der Waals surface area contributed by atoms with Gasteiger partial charge >= 0.3 is 6.03 Å². The molecule has 8 nitrogen and oxygen atoms in total. The van der Waals surface area contributed by atoms with Crippen LogP contribution in [0.4, 0.5) is 20.7 Å². The molecule has 0 spiro atoms. The van der Waals surface area contributed by atoms with Crippen LogP contribution in [0.25, 0.3) is 0 Å². The molecule has 0 radical (unpaired) electrons. The highest BCUT2D eigenvalue weighted by molar-refractivity contribution is 5.99. The number of aromatic nitrogens is 2. The van der Waals surface area contributed by atoms with E-state index in [0.717, 1.165) is 6.42 Å². The molecule has 1 aliphatic rings. The second kappa shape index (κ2) is 7.52. The molecule has 1 aromatic heterocycles. The largest absolute Gasteiger partial charge is 0.324 e. The quantitative estimate of drug-likeness (QED) is 0.672. The highest BCUT2D eigenvalue weighted by Crippen LogP contribution is 2.18. The average Bonchev–Trinajstić information content (AvgIpc) is 2.96. The second-order valence-corrected chi connectivity index (χ2v) is 6.15. The van der Waals surface area contributed by atoms with Crippen molar-refractivity contribution in [2.45, 2.75) is 39.0 Å². The van der Waals surface area contributed by atoms with E-state index in [-0.39, 0.29) is 17.8 Å². The van der Waals surface area contributed by atoms with Crippen LogP contribution in [0, 0.1) is 12.7 Å². The molecule has 0 bridgehead atoms. The first-order chi connectivity index (χ1) is 12.4. The minimum atomic E-state index is -0.545. The van der Waals surface area contributed by atoms with E-state index in [1.54, 1.807) is 13.0 Å². The summed E-state index contributed by atoms with van der Waals surface area (Å²) in [6, 6.07) is 6.70. The predicted molar refractivity (Wildman–Crippen MR) is 95.0 cm³/mol. The first-order valence-electron chi connectivity index (χ1n) is 8.39. The van der Waals surface area contributed by atoms with E-state index in [4.69, 9.17) is 0 Å². The van der Waals surface area contributed by atoms with Crippen molar-refractivity contribution in [3.05, 3.63) is 41.8 Å². The Bertz CT molecular complexity index is 804. The summed E-state index contributed by atoms with van der Waals surface area (Å²) in [4.78, 5) is 24.1. The fraction of sp³-hybridized carbons (Fsp3) is 0.353. The SMILES string of the molecule is CCC1CC(=O)NC(n2nc(C)cc2NC(=O)Nc2ccc(F)cc2)N1. The van der Waals surface area contributed by atoms with Gasteiger partial charge in [0.25, 0.3) is 0 Å². The van der Waals surface area contributed by atoms with Gasteiger partial charge in [0.2, 0.25) is 5.91 Å². The summed E-state index contributed by atoms with van der Waals surface area (Å²) in [7, 11) is 0. The first-order valence-corrected chi connectivity index (χ1v) is 8.39. The number of carbonyl (C=O) groups is 2. The molecule has 9 heteroatoms. The Morgan fingerprint density at radius 2 is 2.08 bits per heavy atom. The molecule has 2 heterocycles. The van der Waals surface area contributed by atoms with Gasteiger partial charge in [0.05, 0.1) is 5.69 Å². The van der Waals surface area contributed by atoms with Crippen LogP contribution in [-0.2, 0) is 4.79 Å². The molecule has 3 amide bonds. The molecule has 4 N–H and O–H groups in total. The van der Waals surface area contributed by atoms with Crippen LogP contribution in [-0.4, -0.2) is 27.8 Å².